The second-order valence-corrected chi connectivity index (χ2v) is 5.67. The van der Waals surface area contributed by atoms with E-state index >= 15 is 0 Å². The Labute approximate surface area is 113 Å². The third kappa shape index (κ3) is 2.47. The summed E-state index contributed by atoms with van der Waals surface area (Å²) in [6.07, 6.45) is 0. The molecule has 0 bridgehead atoms. The van der Waals surface area contributed by atoms with Crippen molar-refractivity contribution in [3.63, 3.8) is 0 Å². The standard InChI is InChI=1S/C12H11N3OS2/c1-7(2)9-5-18-12(15-9)8(3-13)11(16)10-4-17-6-14-10/h4-8H,1-2H3. The topological polar surface area (TPSA) is 66.6 Å². The lowest BCUT2D eigenvalue weighted by atomic mass is 10.0. The van der Waals surface area contributed by atoms with Crippen LogP contribution in [0.3, 0.4) is 0 Å². The molecule has 2 aromatic rings. The van der Waals surface area contributed by atoms with Crippen LogP contribution >= 0.6 is 22.7 Å². The van der Waals surface area contributed by atoms with Crippen LogP contribution in [0.15, 0.2) is 16.3 Å². The maximum absolute atomic E-state index is 12.1. The fourth-order valence-electron chi connectivity index (χ4n) is 1.41. The van der Waals surface area contributed by atoms with Crippen molar-refractivity contribution in [2.75, 3.05) is 0 Å². The Kier molecular flexibility index (Phi) is 3.84. The van der Waals surface area contributed by atoms with E-state index in [1.807, 2.05) is 25.3 Å². The highest BCUT2D eigenvalue weighted by atomic mass is 32.1. The van der Waals surface area contributed by atoms with Crippen molar-refractivity contribution in [1.29, 1.82) is 5.26 Å². The molecule has 18 heavy (non-hydrogen) atoms. The quantitative estimate of drug-likeness (QED) is 0.805. The first kappa shape index (κ1) is 12.9. The molecular formula is C12H11N3OS2. The van der Waals surface area contributed by atoms with Gasteiger partial charge in [-0.2, -0.15) is 5.26 Å². The van der Waals surface area contributed by atoms with Crippen molar-refractivity contribution < 1.29 is 4.79 Å². The number of nitrogens with zero attached hydrogens (tertiary/aromatic N) is 3. The highest BCUT2D eigenvalue weighted by molar-refractivity contribution is 7.10. The monoisotopic (exact) mass is 277 g/mol. The maximum atomic E-state index is 12.1. The van der Waals surface area contributed by atoms with Crippen molar-refractivity contribution in [3.05, 3.63) is 32.7 Å². The average Bonchev–Trinajstić information content (AvgIpc) is 3.01. The van der Waals surface area contributed by atoms with Gasteiger partial charge in [-0.25, -0.2) is 9.97 Å². The predicted octanol–water partition coefficient (Wildman–Crippen LogP) is 3.21. The zero-order valence-electron chi connectivity index (χ0n) is 9.95. The molecule has 0 aliphatic rings. The highest BCUT2D eigenvalue weighted by Gasteiger charge is 2.26. The number of carbonyl (C=O) groups excluding carboxylic acids is 1. The number of hydrogen-bond acceptors (Lipinski definition) is 6. The lowest BCUT2D eigenvalue weighted by molar-refractivity contribution is 0.0974. The van der Waals surface area contributed by atoms with Crippen LogP contribution in [0.25, 0.3) is 0 Å². The van der Waals surface area contributed by atoms with Gasteiger partial charge >= 0.3 is 0 Å². The zero-order valence-corrected chi connectivity index (χ0v) is 11.6. The molecule has 92 valence electrons. The highest BCUT2D eigenvalue weighted by Crippen LogP contribution is 2.26. The van der Waals surface area contributed by atoms with Crippen molar-refractivity contribution >= 4 is 28.5 Å². The summed E-state index contributed by atoms with van der Waals surface area (Å²) < 4.78 is 0. The van der Waals surface area contributed by atoms with Crippen LogP contribution in [0.2, 0.25) is 0 Å². The fraction of sp³-hybridized carbons (Fsp3) is 0.333. The summed E-state index contributed by atoms with van der Waals surface area (Å²) in [5.74, 6) is -0.822. The number of carbonyl (C=O) groups is 1. The lowest BCUT2D eigenvalue weighted by Crippen LogP contribution is -2.11. The molecule has 0 spiro atoms. The van der Waals surface area contributed by atoms with Gasteiger partial charge in [0.1, 0.15) is 10.7 Å². The molecule has 0 amide bonds. The van der Waals surface area contributed by atoms with Gasteiger partial charge in [-0.15, -0.1) is 22.7 Å². The van der Waals surface area contributed by atoms with Crippen LogP contribution in [0.4, 0.5) is 0 Å². The molecule has 0 saturated heterocycles. The minimum absolute atomic E-state index is 0.275. The van der Waals surface area contributed by atoms with Crippen molar-refractivity contribution in [2.24, 2.45) is 0 Å². The average molecular weight is 277 g/mol. The fourth-order valence-corrected chi connectivity index (χ4v) is 2.97. The van der Waals surface area contributed by atoms with Crippen molar-refractivity contribution in [1.82, 2.24) is 9.97 Å². The van der Waals surface area contributed by atoms with Gasteiger partial charge in [0.05, 0.1) is 17.3 Å². The van der Waals surface area contributed by atoms with Crippen molar-refractivity contribution in [2.45, 2.75) is 25.7 Å². The Bertz CT molecular complexity index is 581. The molecule has 0 saturated carbocycles. The predicted molar refractivity (Wildman–Crippen MR) is 71.0 cm³/mol. The van der Waals surface area contributed by atoms with E-state index in [9.17, 15) is 4.79 Å². The molecule has 1 atom stereocenters. The number of rotatable bonds is 4. The molecule has 0 N–H and O–H groups in total. The van der Waals surface area contributed by atoms with E-state index in [-0.39, 0.29) is 5.78 Å². The van der Waals surface area contributed by atoms with E-state index in [0.29, 0.717) is 16.6 Å². The Morgan fingerprint density at radius 3 is 2.72 bits per heavy atom. The normalized spacial score (nSPS) is 12.3. The second-order valence-electron chi connectivity index (χ2n) is 4.07. The summed E-state index contributed by atoms with van der Waals surface area (Å²) >= 11 is 2.70. The van der Waals surface area contributed by atoms with E-state index in [1.165, 1.54) is 22.7 Å². The largest absolute Gasteiger partial charge is 0.290 e. The number of Topliss-reactive ketones (excluding diaryl/α,β-unsaturated/α-hetero) is 1. The molecular weight excluding hydrogens is 266 g/mol. The molecule has 4 nitrogen and oxygen atoms in total. The molecule has 0 aromatic carbocycles. The summed E-state index contributed by atoms with van der Waals surface area (Å²) in [5, 5.41) is 13.3. The molecule has 6 heteroatoms. The first-order chi connectivity index (χ1) is 8.63. The SMILES string of the molecule is CC(C)c1csc(C(C#N)C(=O)c2cscn2)n1. The zero-order chi connectivity index (χ0) is 13.1. The smallest absolute Gasteiger partial charge is 0.206 e. The molecule has 0 fully saturated rings. The summed E-state index contributed by atoms with van der Waals surface area (Å²) in [6.45, 7) is 4.06. The molecule has 0 radical (unpaired) electrons. The van der Waals surface area contributed by atoms with Gasteiger partial charge < -0.3 is 0 Å². The number of aromatic nitrogens is 2. The van der Waals surface area contributed by atoms with Gasteiger partial charge in [0.15, 0.2) is 5.92 Å². The summed E-state index contributed by atoms with van der Waals surface area (Å²) in [4.78, 5) is 20.4. The third-order valence-electron chi connectivity index (χ3n) is 2.45. The van der Waals surface area contributed by atoms with Crippen LogP contribution in [-0.2, 0) is 0 Å². The third-order valence-corrected chi connectivity index (χ3v) is 3.97. The molecule has 0 aliphatic heterocycles. The Morgan fingerprint density at radius 1 is 1.44 bits per heavy atom. The first-order valence-corrected chi connectivity index (χ1v) is 7.23. The van der Waals surface area contributed by atoms with Crippen LogP contribution < -0.4 is 0 Å². The maximum Gasteiger partial charge on any atom is 0.206 e. The van der Waals surface area contributed by atoms with Crippen LogP contribution in [0, 0.1) is 11.3 Å². The molecule has 2 heterocycles. The van der Waals surface area contributed by atoms with Crippen LogP contribution in [-0.4, -0.2) is 15.8 Å². The van der Waals surface area contributed by atoms with E-state index in [4.69, 9.17) is 5.26 Å². The van der Waals surface area contributed by atoms with Crippen molar-refractivity contribution in [3.8, 4) is 6.07 Å². The van der Waals surface area contributed by atoms with E-state index in [1.54, 1.807) is 10.9 Å². The molecule has 1 unspecified atom stereocenters. The van der Waals surface area contributed by atoms with Gasteiger partial charge in [0, 0.05) is 10.8 Å². The molecule has 2 aromatic heterocycles. The molecule has 0 aliphatic carbocycles. The van der Waals surface area contributed by atoms with Crippen LogP contribution in [0.1, 0.15) is 46.9 Å². The lowest BCUT2D eigenvalue weighted by Gasteiger charge is -2.02. The number of nitriles is 1. The Hall–Kier alpha value is -1.58. The first-order valence-electron chi connectivity index (χ1n) is 5.40. The summed E-state index contributed by atoms with van der Waals surface area (Å²) in [5.41, 5.74) is 2.84. The van der Waals surface area contributed by atoms with Crippen LogP contribution in [0.5, 0.6) is 0 Å². The van der Waals surface area contributed by atoms with Gasteiger partial charge in [-0.1, -0.05) is 13.8 Å². The molecule has 2 rings (SSSR count). The number of thiazole rings is 2. The summed E-state index contributed by atoms with van der Waals surface area (Å²) in [7, 11) is 0. The minimum Gasteiger partial charge on any atom is -0.290 e. The minimum atomic E-state index is -0.843. The number of ketones is 1. The van der Waals surface area contributed by atoms with Gasteiger partial charge in [-0.3, -0.25) is 4.79 Å². The van der Waals surface area contributed by atoms with Gasteiger partial charge in [0.2, 0.25) is 5.78 Å². The van der Waals surface area contributed by atoms with E-state index in [2.05, 4.69) is 9.97 Å². The van der Waals surface area contributed by atoms with E-state index in [0.717, 1.165) is 5.69 Å². The number of hydrogen-bond donors (Lipinski definition) is 0. The van der Waals surface area contributed by atoms with E-state index < -0.39 is 5.92 Å². The Balaban J connectivity index is 2.29. The van der Waals surface area contributed by atoms with Gasteiger partial charge in [-0.05, 0) is 5.92 Å². The van der Waals surface area contributed by atoms with Gasteiger partial charge in [0.25, 0.3) is 0 Å². The summed E-state index contributed by atoms with van der Waals surface area (Å²) in [6, 6.07) is 2.02. The second kappa shape index (κ2) is 5.38. The Morgan fingerprint density at radius 2 is 2.22 bits per heavy atom.